The van der Waals surface area contributed by atoms with Crippen LogP contribution in [0.15, 0.2) is 34.7 Å². The number of nitrogens with one attached hydrogen (secondary N) is 3. The zero-order chi connectivity index (χ0) is 15.9. The summed E-state index contributed by atoms with van der Waals surface area (Å²) in [5.74, 6) is 0.472. The highest BCUT2D eigenvalue weighted by molar-refractivity contribution is 5.84. The Morgan fingerprint density at radius 1 is 1.23 bits per heavy atom. The average Bonchev–Trinajstić information content (AvgIpc) is 2.95. The third-order valence-corrected chi connectivity index (χ3v) is 3.20. The van der Waals surface area contributed by atoms with Gasteiger partial charge in [0, 0.05) is 11.9 Å². The molecule has 0 aliphatic rings. The highest BCUT2D eigenvalue weighted by atomic mass is 16.3. The van der Waals surface area contributed by atoms with Crippen molar-refractivity contribution in [2.24, 2.45) is 0 Å². The van der Waals surface area contributed by atoms with Crippen LogP contribution >= 0.6 is 0 Å². The van der Waals surface area contributed by atoms with E-state index in [4.69, 9.17) is 4.42 Å². The smallest absolute Gasteiger partial charge is 0.315 e. The fraction of sp³-hybridized carbons (Fsp3) is 0.375. The normalized spacial score (nSPS) is 11.9. The first-order valence-electron chi connectivity index (χ1n) is 7.39. The molecule has 6 nitrogen and oxygen atoms in total. The Labute approximate surface area is 129 Å². The van der Waals surface area contributed by atoms with E-state index in [2.05, 4.69) is 16.0 Å². The maximum Gasteiger partial charge on any atom is 0.315 e. The third kappa shape index (κ3) is 4.25. The number of hydrogen-bond acceptors (Lipinski definition) is 3. The molecule has 1 atom stereocenters. The fourth-order valence-electron chi connectivity index (χ4n) is 2.02. The van der Waals surface area contributed by atoms with Crippen LogP contribution in [-0.2, 0) is 4.79 Å². The second kappa shape index (κ2) is 7.49. The zero-order valence-electron chi connectivity index (χ0n) is 12.8. The summed E-state index contributed by atoms with van der Waals surface area (Å²) in [6.07, 6.45) is 0.862. The molecule has 0 aliphatic heterocycles. The van der Waals surface area contributed by atoms with Crippen molar-refractivity contribution < 1.29 is 14.0 Å². The zero-order valence-corrected chi connectivity index (χ0v) is 12.8. The number of carbonyl (C=O) groups excluding carboxylic acids is 2. The summed E-state index contributed by atoms with van der Waals surface area (Å²) in [6, 6.07) is 8.87. The standard InChI is InChI=1S/C16H21N3O3/c1-3-8-17-15(20)10-18-16(21)19-11(2)14-9-12-6-4-5-7-13(12)22-14/h4-7,9,11H,3,8,10H2,1-2H3,(H,17,20)(H2,18,19,21). The lowest BCUT2D eigenvalue weighted by atomic mass is 10.2. The number of hydrogen-bond donors (Lipinski definition) is 3. The summed E-state index contributed by atoms with van der Waals surface area (Å²) in [7, 11) is 0. The lowest BCUT2D eigenvalue weighted by molar-refractivity contribution is -0.120. The molecular formula is C16H21N3O3. The highest BCUT2D eigenvalue weighted by Gasteiger charge is 2.14. The first-order valence-corrected chi connectivity index (χ1v) is 7.39. The van der Waals surface area contributed by atoms with E-state index in [1.165, 1.54) is 0 Å². The fourth-order valence-corrected chi connectivity index (χ4v) is 2.02. The van der Waals surface area contributed by atoms with Crippen LogP contribution in [0.5, 0.6) is 0 Å². The molecule has 2 rings (SSSR count). The number of urea groups is 1. The summed E-state index contributed by atoms with van der Waals surface area (Å²) in [5, 5.41) is 8.95. The van der Waals surface area contributed by atoms with Crippen LogP contribution in [0.25, 0.3) is 11.0 Å². The van der Waals surface area contributed by atoms with Crippen LogP contribution in [0, 0.1) is 0 Å². The minimum atomic E-state index is -0.403. The van der Waals surface area contributed by atoms with Crippen molar-refractivity contribution in [3.8, 4) is 0 Å². The Balaban J connectivity index is 1.84. The van der Waals surface area contributed by atoms with E-state index < -0.39 is 6.03 Å². The molecule has 0 radical (unpaired) electrons. The second-order valence-electron chi connectivity index (χ2n) is 5.09. The van der Waals surface area contributed by atoms with Gasteiger partial charge in [-0.05, 0) is 25.5 Å². The number of furan rings is 1. The largest absolute Gasteiger partial charge is 0.459 e. The Bertz CT molecular complexity index is 618. The van der Waals surface area contributed by atoms with Crippen molar-refractivity contribution >= 4 is 22.9 Å². The monoisotopic (exact) mass is 303 g/mol. The van der Waals surface area contributed by atoms with Crippen LogP contribution in [0.4, 0.5) is 4.79 Å². The summed E-state index contributed by atoms with van der Waals surface area (Å²) < 4.78 is 5.69. The van der Waals surface area contributed by atoms with Gasteiger partial charge in [0.2, 0.25) is 5.91 Å². The first-order chi connectivity index (χ1) is 10.6. The van der Waals surface area contributed by atoms with Crippen LogP contribution < -0.4 is 16.0 Å². The van der Waals surface area contributed by atoms with Gasteiger partial charge in [-0.2, -0.15) is 0 Å². The minimum Gasteiger partial charge on any atom is -0.459 e. The van der Waals surface area contributed by atoms with Crippen LogP contribution in [0.3, 0.4) is 0 Å². The molecule has 118 valence electrons. The van der Waals surface area contributed by atoms with Crippen molar-refractivity contribution in [2.75, 3.05) is 13.1 Å². The van der Waals surface area contributed by atoms with Crippen molar-refractivity contribution in [3.63, 3.8) is 0 Å². The predicted octanol–water partition coefficient (Wildman–Crippen LogP) is 2.32. The van der Waals surface area contributed by atoms with Gasteiger partial charge in [0.1, 0.15) is 11.3 Å². The van der Waals surface area contributed by atoms with E-state index in [1.807, 2.05) is 44.2 Å². The Morgan fingerprint density at radius 3 is 2.73 bits per heavy atom. The van der Waals surface area contributed by atoms with Gasteiger partial charge in [0.25, 0.3) is 0 Å². The molecule has 0 saturated carbocycles. The maximum absolute atomic E-state index is 11.8. The first kappa shape index (κ1) is 15.9. The van der Waals surface area contributed by atoms with Crippen LogP contribution in [0.1, 0.15) is 32.1 Å². The lowest BCUT2D eigenvalue weighted by Gasteiger charge is -2.12. The molecule has 2 aromatic rings. The molecular weight excluding hydrogens is 282 g/mol. The molecule has 6 heteroatoms. The number of amides is 3. The molecule has 1 aromatic carbocycles. The quantitative estimate of drug-likeness (QED) is 0.766. The molecule has 0 fully saturated rings. The summed E-state index contributed by atoms with van der Waals surface area (Å²) in [4.78, 5) is 23.2. The Morgan fingerprint density at radius 2 is 2.00 bits per heavy atom. The molecule has 1 aromatic heterocycles. The van der Waals surface area contributed by atoms with Gasteiger partial charge < -0.3 is 20.4 Å². The lowest BCUT2D eigenvalue weighted by Crippen LogP contribution is -2.42. The molecule has 22 heavy (non-hydrogen) atoms. The number of carbonyl (C=O) groups is 2. The molecule has 3 N–H and O–H groups in total. The van der Waals surface area contributed by atoms with E-state index >= 15 is 0 Å². The van der Waals surface area contributed by atoms with Crippen molar-refractivity contribution in [2.45, 2.75) is 26.3 Å². The number of rotatable bonds is 6. The van der Waals surface area contributed by atoms with Crippen molar-refractivity contribution in [3.05, 3.63) is 36.1 Å². The Kier molecular flexibility index (Phi) is 5.41. The molecule has 3 amide bonds. The van der Waals surface area contributed by atoms with Gasteiger partial charge in [0.05, 0.1) is 12.6 Å². The molecule has 0 bridgehead atoms. The van der Waals surface area contributed by atoms with Crippen LogP contribution in [-0.4, -0.2) is 25.0 Å². The second-order valence-corrected chi connectivity index (χ2v) is 5.09. The molecule has 1 heterocycles. The topological polar surface area (TPSA) is 83.4 Å². The van der Waals surface area contributed by atoms with E-state index in [0.29, 0.717) is 12.3 Å². The van der Waals surface area contributed by atoms with Gasteiger partial charge in [0.15, 0.2) is 0 Å². The molecule has 1 unspecified atom stereocenters. The maximum atomic E-state index is 11.8. The summed E-state index contributed by atoms with van der Waals surface area (Å²) >= 11 is 0. The predicted molar refractivity (Wildman–Crippen MR) is 84.5 cm³/mol. The van der Waals surface area contributed by atoms with Crippen molar-refractivity contribution in [1.29, 1.82) is 0 Å². The van der Waals surface area contributed by atoms with E-state index in [-0.39, 0.29) is 18.5 Å². The molecule has 0 saturated heterocycles. The SMILES string of the molecule is CCCNC(=O)CNC(=O)NC(C)c1cc2ccccc2o1. The number of benzene rings is 1. The van der Waals surface area contributed by atoms with Gasteiger partial charge in [-0.25, -0.2) is 4.79 Å². The van der Waals surface area contributed by atoms with Gasteiger partial charge in [-0.15, -0.1) is 0 Å². The molecule has 0 spiro atoms. The van der Waals surface area contributed by atoms with Crippen molar-refractivity contribution in [1.82, 2.24) is 16.0 Å². The Hall–Kier alpha value is -2.50. The number of para-hydroxylation sites is 1. The van der Waals surface area contributed by atoms with E-state index in [1.54, 1.807) is 0 Å². The third-order valence-electron chi connectivity index (χ3n) is 3.20. The highest BCUT2D eigenvalue weighted by Crippen LogP contribution is 2.23. The number of fused-ring (bicyclic) bond motifs is 1. The van der Waals surface area contributed by atoms with Gasteiger partial charge in [-0.3, -0.25) is 4.79 Å². The van der Waals surface area contributed by atoms with Gasteiger partial charge >= 0.3 is 6.03 Å². The van der Waals surface area contributed by atoms with Gasteiger partial charge in [-0.1, -0.05) is 25.1 Å². The van der Waals surface area contributed by atoms with Crippen LogP contribution in [0.2, 0.25) is 0 Å². The van der Waals surface area contributed by atoms with E-state index in [9.17, 15) is 9.59 Å². The molecule has 0 aliphatic carbocycles. The average molecular weight is 303 g/mol. The minimum absolute atomic E-state index is 0.0430. The summed E-state index contributed by atoms with van der Waals surface area (Å²) in [6.45, 7) is 4.36. The van der Waals surface area contributed by atoms with E-state index in [0.717, 1.165) is 17.4 Å². The summed E-state index contributed by atoms with van der Waals surface area (Å²) in [5.41, 5.74) is 0.783.